The molecule has 4 N–H and O–H groups in total. The maximum atomic E-state index is 11.5. The van der Waals surface area contributed by atoms with Crippen molar-refractivity contribution in [1.82, 2.24) is 0 Å². The van der Waals surface area contributed by atoms with Crippen LogP contribution in [0.15, 0.2) is 46.9 Å². The zero-order chi connectivity index (χ0) is 15.2. The second-order valence-corrected chi connectivity index (χ2v) is 4.09. The third-order valence-corrected chi connectivity index (χ3v) is 2.38. The third-order valence-electron chi connectivity index (χ3n) is 2.38. The zero-order valence-corrected chi connectivity index (χ0v) is 11.7. The molecule has 0 aromatic heterocycles. The first-order chi connectivity index (χ1) is 8.72. The van der Waals surface area contributed by atoms with Crippen molar-refractivity contribution in [2.24, 2.45) is 5.73 Å². The number of hydrogen-bond acceptors (Lipinski definition) is 5. The first-order valence-corrected chi connectivity index (χ1v) is 5.59. The van der Waals surface area contributed by atoms with Crippen LogP contribution in [0.5, 0.6) is 0 Å². The molecular formula is C14H20N2O3. The van der Waals surface area contributed by atoms with E-state index in [1.54, 1.807) is 26.0 Å². The number of nitrogens with two attached hydrogens (primary N) is 1. The summed E-state index contributed by atoms with van der Waals surface area (Å²) in [4.78, 5) is 11.5. The molecule has 0 aromatic carbocycles. The Bertz CT molecular complexity index is 497. The molecule has 0 aliphatic carbocycles. The average molecular weight is 264 g/mol. The Balaban J connectivity index is 5.58. The van der Waals surface area contributed by atoms with E-state index >= 15 is 0 Å². The van der Waals surface area contributed by atoms with Crippen LogP contribution < -0.4 is 5.73 Å². The van der Waals surface area contributed by atoms with Crippen molar-refractivity contribution in [3.8, 4) is 0 Å². The van der Waals surface area contributed by atoms with Gasteiger partial charge in [-0.15, -0.1) is 0 Å². The second kappa shape index (κ2) is 7.20. The normalized spacial score (nSPS) is 13.7. The van der Waals surface area contributed by atoms with Crippen molar-refractivity contribution in [2.75, 3.05) is 7.11 Å². The minimum atomic E-state index is -0.755. The van der Waals surface area contributed by atoms with Gasteiger partial charge in [-0.3, -0.25) is 0 Å². The van der Waals surface area contributed by atoms with Crippen LogP contribution in [0.3, 0.4) is 0 Å². The fourth-order valence-electron chi connectivity index (χ4n) is 1.16. The van der Waals surface area contributed by atoms with Crippen LogP contribution >= 0.6 is 0 Å². The highest BCUT2D eigenvalue weighted by Crippen LogP contribution is 2.15. The molecule has 0 aliphatic heterocycles. The second-order valence-electron chi connectivity index (χ2n) is 4.09. The molecule has 0 aromatic rings. The van der Waals surface area contributed by atoms with Gasteiger partial charge >= 0.3 is 5.97 Å². The molecule has 0 fully saturated rings. The molecule has 0 unspecified atom stereocenters. The Hall–Kier alpha value is -2.30. The van der Waals surface area contributed by atoms with E-state index in [0.29, 0.717) is 16.8 Å². The van der Waals surface area contributed by atoms with E-state index in [2.05, 4.69) is 11.3 Å². The summed E-state index contributed by atoms with van der Waals surface area (Å²) in [7, 11) is 1.19. The number of methoxy groups -OCH3 is 1. The number of hydrogen-bond donors (Lipinski definition) is 3. The van der Waals surface area contributed by atoms with Gasteiger partial charge in [0.2, 0.25) is 0 Å². The number of carbonyl (C=O) groups is 1. The predicted octanol–water partition coefficient (Wildman–Crippen LogP) is 2.38. The molecule has 5 nitrogen and oxygen atoms in total. The maximum Gasteiger partial charge on any atom is 0.343 e. The molecule has 0 saturated carbocycles. The number of allylic oxidation sites excluding steroid dienone is 4. The molecule has 0 saturated heterocycles. The van der Waals surface area contributed by atoms with Crippen molar-refractivity contribution < 1.29 is 14.6 Å². The lowest BCUT2D eigenvalue weighted by Gasteiger charge is -2.08. The molecular weight excluding hydrogens is 244 g/mol. The Kier molecular flexibility index (Phi) is 6.33. The van der Waals surface area contributed by atoms with Crippen LogP contribution in [0.4, 0.5) is 0 Å². The van der Waals surface area contributed by atoms with E-state index < -0.39 is 5.97 Å². The maximum absolute atomic E-state index is 11.5. The zero-order valence-electron chi connectivity index (χ0n) is 11.7. The van der Waals surface area contributed by atoms with E-state index in [0.717, 1.165) is 0 Å². The van der Waals surface area contributed by atoms with Crippen LogP contribution in [0.25, 0.3) is 0 Å². The fourth-order valence-corrected chi connectivity index (χ4v) is 1.16. The summed E-state index contributed by atoms with van der Waals surface area (Å²) in [6, 6.07) is 0. The minimum absolute atomic E-state index is 0.0750. The van der Waals surface area contributed by atoms with Gasteiger partial charge in [-0.2, -0.15) is 0 Å². The smallest absolute Gasteiger partial charge is 0.343 e. The first kappa shape index (κ1) is 16.7. The lowest BCUT2D eigenvalue weighted by atomic mass is 10.1. The van der Waals surface area contributed by atoms with Gasteiger partial charge in [0.15, 0.2) is 0 Å². The van der Waals surface area contributed by atoms with Crippen LogP contribution in [0.1, 0.15) is 20.8 Å². The van der Waals surface area contributed by atoms with Crippen molar-refractivity contribution in [1.29, 1.82) is 5.41 Å². The number of nitrogens with one attached hydrogen (secondary N) is 1. The standard InChI is InChI=1S/C14H20N2O3/c1-8(2)11(16)7-6-9(3)13(17)12(10(4)15)14(18)19-5/h6-7,15,17H,1,16H2,2-5H3/b9-6+,11-7+,13-12+,15-10?. The van der Waals surface area contributed by atoms with Crippen molar-refractivity contribution >= 4 is 11.7 Å². The highest BCUT2D eigenvalue weighted by Gasteiger charge is 2.18. The summed E-state index contributed by atoms with van der Waals surface area (Å²) in [6.45, 7) is 8.43. The molecule has 0 heterocycles. The molecule has 0 rings (SSSR count). The summed E-state index contributed by atoms with van der Waals surface area (Å²) >= 11 is 0. The SMILES string of the molecule is C=C(C)\C(N)=C/C=C(C)/C(O)=C(/C(C)=N)C(=O)OC. The van der Waals surface area contributed by atoms with Gasteiger partial charge in [-0.1, -0.05) is 12.7 Å². The Morgan fingerprint density at radius 3 is 2.21 bits per heavy atom. The third kappa shape index (κ3) is 4.83. The van der Waals surface area contributed by atoms with Gasteiger partial charge in [0.1, 0.15) is 11.3 Å². The van der Waals surface area contributed by atoms with Crippen LogP contribution in [-0.4, -0.2) is 23.9 Å². The van der Waals surface area contributed by atoms with Crippen molar-refractivity contribution in [3.63, 3.8) is 0 Å². The van der Waals surface area contributed by atoms with Gasteiger partial charge < -0.3 is 21.0 Å². The van der Waals surface area contributed by atoms with E-state index in [-0.39, 0.29) is 17.0 Å². The van der Waals surface area contributed by atoms with E-state index in [1.807, 2.05) is 0 Å². The lowest BCUT2D eigenvalue weighted by molar-refractivity contribution is -0.135. The molecule has 0 spiro atoms. The largest absolute Gasteiger partial charge is 0.507 e. The van der Waals surface area contributed by atoms with Gasteiger partial charge in [0.05, 0.1) is 7.11 Å². The number of carbonyl (C=O) groups excluding carboxylic acids is 1. The summed E-state index contributed by atoms with van der Waals surface area (Å²) in [6.07, 6.45) is 3.12. The van der Waals surface area contributed by atoms with E-state index in [9.17, 15) is 9.90 Å². The molecule has 0 amide bonds. The minimum Gasteiger partial charge on any atom is -0.507 e. The quantitative estimate of drug-likeness (QED) is 0.233. The molecule has 0 bridgehead atoms. The van der Waals surface area contributed by atoms with Crippen LogP contribution in [0.2, 0.25) is 0 Å². The Morgan fingerprint density at radius 2 is 1.84 bits per heavy atom. The number of rotatable bonds is 5. The van der Waals surface area contributed by atoms with E-state index in [1.165, 1.54) is 14.0 Å². The molecule has 5 heteroatoms. The highest BCUT2D eigenvalue weighted by atomic mass is 16.5. The van der Waals surface area contributed by atoms with Gasteiger partial charge in [-0.05, 0) is 38.0 Å². The first-order valence-electron chi connectivity index (χ1n) is 5.59. The van der Waals surface area contributed by atoms with Crippen molar-refractivity contribution in [3.05, 3.63) is 46.9 Å². The topological polar surface area (TPSA) is 96.4 Å². The van der Waals surface area contributed by atoms with Crippen LogP contribution in [-0.2, 0) is 9.53 Å². The fraction of sp³-hybridized carbons (Fsp3) is 0.286. The predicted molar refractivity (Wildman–Crippen MR) is 75.9 cm³/mol. The summed E-state index contributed by atoms with van der Waals surface area (Å²) in [5.74, 6) is -1.06. The molecule has 19 heavy (non-hydrogen) atoms. The summed E-state index contributed by atoms with van der Waals surface area (Å²) in [5.41, 5.74) is 7.00. The summed E-state index contributed by atoms with van der Waals surface area (Å²) in [5, 5.41) is 17.5. The number of esters is 1. The Labute approximate surface area is 113 Å². The van der Waals surface area contributed by atoms with E-state index in [4.69, 9.17) is 11.1 Å². The van der Waals surface area contributed by atoms with Gasteiger partial charge in [0, 0.05) is 11.4 Å². The number of aliphatic hydroxyl groups excluding tert-OH is 1. The number of aliphatic hydroxyl groups is 1. The van der Waals surface area contributed by atoms with Gasteiger partial charge in [0.25, 0.3) is 0 Å². The molecule has 0 atom stereocenters. The summed E-state index contributed by atoms with van der Waals surface area (Å²) < 4.78 is 4.53. The molecule has 0 radical (unpaired) electrons. The highest BCUT2D eigenvalue weighted by molar-refractivity contribution is 6.18. The lowest BCUT2D eigenvalue weighted by Crippen LogP contribution is -2.14. The molecule has 0 aliphatic rings. The Morgan fingerprint density at radius 1 is 1.32 bits per heavy atom. The average Bonchev–Trinajstić information content (AvgIpc) is 2.34. The van der Waals surface area contributed by atoms with Gasteiger partial charge in [-0.25, -0.2) is 4.79 Å². The monoisotopic (exact) mass is 264 g/mol. The number of ether oxygens (including phenoxy) is 1. The van der Waals surface area contributed by atoms with Crippen LogP contribution in [0, 0.1) is 5.41 Å². The molecule has 104 valence electrons. The van der Waals surface area contributed by atoms with Crippen molar-refractivity contribution in [2.45, 2.75) is 20.8 Å².